The van der Waals surface area contributed by atoms with Crippen LogP contribution in [0.4, 0.5) is 26.3 Å². The fraction of sp³-hybridized carbons (Fsp3) is 0.818. The first-order chi connectivity index (χ1) is 10.2. The largest absolute Gasteiger partial charge is 0.426 e. The molecule has 0 fully saturated rings. The number of rotatable bonds is 5. The van der Waals surface area contributed by atoms with Gasteiger partial charge in [0.1, 0.15) is 0 Å². The van der Waals surface area contributed by atoms with Crippen molar-refractivity contribution in [2.75, 3.05) is 20.3 Å². The van der Waals surface area contributed by atoms with Gasteiger partial charge in [-0.25, -0.2) is 4.39 Å². The van der Waals surface area contributed by atoms with Gasteiger partial charge in [0.25, 0.3) is 6.17 Å². The third-order valence-corrected chi connectivity index (χ3v) is 3.56. The maximum Gasteiger partial charge on any atom is 0.426 e. The van der Waals surface area contributed by atoms with Gasteiger partial charge >= 0.3 is 21.5 Å². The summed E-state index contributed by atoms with van der Waals surface area (Å²) in [6, 6.07) is 0. The Hall–Kier alpha value is -1.17. The van der Waals surface area contributed by atoms with Crippen molar-refractivity contribution in [3.8, 4) is 0 Å². The highest BCUT2D eigenvalue weighted by molar-refractivity contribution is 7.86. The molecule has 1 N–H and O–H groups in total. The Morgan fingerprint density at radius 1 is 1.22 bits per heavy atom. The van der Waals surface area contributed by atoms with E-state index in [1.165, 1.54) is 19.4 Å². The van der Waals surface area contributed by atoms with Crippen LogP contribution >= 0.6 is 0 Å². The summed E-state index contributed by atoms with van der Waals surface area (Å²) in [4.78, 5) is 4.53. The average molecular weight is 372 g/mol. The van der Waals surface area contributed by atoms with Crippen LogP contribution in [0.25, 0.3) is 0 Å². The first-order valence-electron chi connectivity index (χ1n) is 6.41. The van der Waals surface area contributed by atoms with Crippen LogP contribution in [-0.4, -0.2) is 60.6 Å². The second-order valence-electron chi connectivity index (χ2n) is 4.80. The van der Waals surface area contributed by atoms with Crippen molar-refractivity contribution in [1.82, 2.24) is 9.80 Å². The topological polar surface area (TPSA) is 60.9 Å². The second-order valence-corrected chi connectivity index (χ2v) is 6.30. The molecule has 1 aliphatic rings. The zero-order chi connectivity index (χ0) is 18.5. The number of halogens is 6. The summed E-state index contributed by atoms with van der Waals surface area (Å²) in [6.07, 6.45) is -4.13. The molecule has 0 amide bonds. The van der Waals surface area contributed by atoms with E-state index in [9.17, 15) is 34.8 Å². The first-order valence-corrected chi connectivity index (χ1v) is 7.85. The summed E-state index contributed by atoms with van der Waals surface area (Å²) >= 11 is 0. The van der Waals surface area contributed by atoms with Crippen LogP contribution in [0.15, 0.2) is 12.4 Å². The van der Waals surface area contributed by atoms with E-state index in [0.717, 1.165) is 6.67 Å². The number of unbranched alkanes of at least 4 members (excludes halogenated alkanes) is 1. The lowest BCUT2D eigenvalue weighted by atomic mass is 10.3. The summed E-state index contributed by atoms with van der Waals surface area (Å²) in [5.74, 6) is 0. The third kappa shape index (κ3) is 6.85. The minimum Gasteiger partial charge on any atom is -0.362 e. The fourth-order valence-electron chi connectivity index (χ4n) is 1.42. The van der Waals surface area contributed by atoms with Gasteiger partial charge in [-0.15, -0.1) is 0 Å². The van der Waals surface area contributed by atoms with E-state index in [1.807, 2.05) is 0 Å². The minimum absolute atomic E-state index is 1.07. The minimum atomic E-state index is -6.41. The number of hydrogen-bond acceptors (Lipinski definition) is 4. The molecule has 0 aromatic carbocycles. The predicted octanol–water partition coefficient (Wildman–Crippen LogP) is 2.83. The molecule has 0 aromatic rings. The van der Waals surface area contributed by atoms with E-state index in [4.69, 9.17) is 4.55 Å². The Balaban J connectivity index is 0.000000433. The van der Waals surface area contributed by atoms with E-state index in [0.29, 0.717) is 0 Å². The molecule has 1 aliphatic heterocycles. The summed E-state index contributed by atoms with van der Waals surface area (Å²) in [7, 11) is -4.31. The van der Waals surface area contributed by atoms with Crippen molar-refractivity contribution in [2.24, 2.45) is 0 Å². The summed E-state index contributed by atoms with van der Waals surface area (Å²) in [5.41, 5.74) is 0. The van der Waals surface area contributed by atoms with E-state index in [2.05, 4.69) is 36.2 Å². The molecule has 1 atom stereocenters. The van der Waals surface area contributed by atoms with Crippen LogP contribution in [-0.2, 0) is 10.1 Å². The Morgan fingerprint density at radius 3 is 2.00 bits per heavy atom. The zero-order valence-electron chi connectivity index (χ0n) is 12.4. The predicted molar refractivity (Wildman–Crippen MR) is 70.8 cm³/mol. The standard InChI is InChI=1S/C8H16N2.C3H2F6O3S/c1-3-4-5-10-7-6-9(2)8-10;4-1(2(5,6)7)3(8,9)13(10,11)12/h6-7H,3-5,8H2,1-2H3;1H,(H,10,11,12). The van der Waals surface area contributed by atoms with Gasteiger partial charge in [-0.2, -0.15) is 30.4 Å². The van der Waals surface area contributed by atoms with Crippen LogP contribution in [0.2, 0.25) is 0 Å². The molecular weight excluding hydrogens is 354 g/mol. The average Bonchev–Trinajstić information content (AvgIpc) is 2.79. The number of alkyl halides is 6. The molecule has 138 valence electrons. The Morgan fingerprint density at radius 2 is 1.74 bits per heavy atom. The smallest absolute Gasteiger partial charge is 0.362 e. The summed E-state index contributed by atoms with van der Waals surface area (Å²) < 4.78 is 96.1. The molecule has 0 radical (unpaired) electrons. The van der Waals surface area contributed by atoms with Gasteiger partial charge < -0.3 is 9.80 Å². The maximum atomic E-state index is 11.9. The molecule has 0 aliphatic carbocycles. The summed E-state index contributed by atoms with van der Waals surface area (Å²) in [5, 5.41) is -5.88. The van der Waals surface area contributed by atoms with Crippen LogP contribution in [0, 0.1) is 0 Å². The number of hydrogen-bond donors (Lipinski definition) is 1. The molecule has 0 bridgehead atoms. The molecule has 1 heterocycles. The SMILES string of the molecule is CCCCN1C=CN(C)C1.O=S(=O)(O)C(F)(F)C(F)C(F)(F)F. The Kier molecular flexibility index (Phi) is 7.67. The van der Waals surface area contributed by atoms with E-state index in [1.54, 1.807) is 0 Å². The monoisotopic (exact) mass is 372 g/mol. The van der Waals surface area contributed by atoms with Crippen molar-refractivity contribution in [1.29, 1.82) is 0 Å². The lowest BCUT2D eigenvalue weighted by molar-refractivity contribution is -0.223. The van der Waals surface area contributed by atoms with Gasteiger partial charge in [0.05, 0.1) is 6.67 Å². The van der Waals surface area contributed by atoms with Gasteiger partial charge in [-0.3, -0.25) is 4.55 Å². The van der Waals surface area contributed by atoms with Crippen molar-refractivity contribution in [3.05, 3.63) is 12.4 Å². The molecule has 0 saturated carbocycles. The van der Waals surface area contributed by atoms with Gasteiger partial charge in [0.15, 0.2) is 0 Å². The van der Waals surface area contributed by atoms with Gasteiger partial charge in [0, 0.05) is 26.0 Å². The van der Waals surface area contributed by atoms with Crippen LogP contribution in [0.1, 0.15) is 19.8 Å². The first kappa shape index (κ1) is 21.8. The van der Waals surface area contributed by atoms with Crippen LogP contribution < -0.4 is 0 Å². The quantitative estimate of drug-likeness (QED) is 0.594. The van der Waals surface area contributed by atoms with Crippen molar-refractivity contribution < 1.29 is 39.3 Å². The van der Waals surface area contributed by atoms with Gasteiger partial charge in [-0.1, -0.05) is 13.3 Å². The highest BCUT2D eigenvalue weighted by Gasteiger charge is 2.64. The molecule has 0 spiro atoms. The molecule has 0 saturated heterocycles. The van der Waals surface area contributed by atoms with Crippen molar-refractivity contribution in [2.45, 2.75) is 37.4 Å². The highest BCUT2D eigenvalue weighted by Crippen LogP contribution is 2.37. The molecular formula is C11H18F6N2O3S. The van der Waals surface area contributed by atoms with Gasteiger partial charge in [0.2, 0.25) is 0 Å². The lowest BCUT2D eigenvalue weighted by Gasteiger charge is -2.19. The van der Waals surface area contributed by atoms with E-state index < -0.39 is 27.7 Å². The van der Waals surface area contributed by atoms with Crippen molar-refractivity contribution >= 4 is 10.1 Å². The molecule has 1 unspecified atom stereocenters. The molecule has 23 heavy (non-hydrogen) atoms. The molecule has 12 heteroatoms. The Bertz CT molecular complexity index is 494. The fourth-order valence-corrected chi connectivity index (χ4v) is 1.81. The molecule has 0 aromatic heterocycles. The summed E-state index contributed by atoms with van der Waals surface area (Å²) in [6.45, 7) is 4.50. The van der Waals surface area contributed by atoms with Gasteiger partial charge in [-0.05, 0) is 6.42 Å². The van der Waals surface area contributed by atoms with E-state index in [-0.39, 0.29) is 0 Å². The van der Waals surface area contributed by atoms with Crippen LogP contribution in [0.3, 0.4) is 0 Å². The lowest BCUT2D eigenvalue weighted by Crippen LogP contribution is -2.46. The normalized spacial score (nSPS) is 17.1. The maximum absolute atomic E-state index is 11.9. The Labute approximate surface area is 130 Å². The zero-order valence-corrected chi connectivity index (χ0v) is 13.2. The van der Waals surface area contributed by atoms with E-state index >= 15 is 0 Å². The second kappa shape index (κ2) is 8.08. The highest BCUT2D eigenvalue weighted by atomic mass is 32.2. The molecule has 1 rings (SSSR count). The van der Waals surface area contributed by atoms with Crippen molar-refractivity contribution in [3.63, 3.8) is 0 Å². The third-order valence-electron chi connectivity index (χ3n) is 2.66. The molecule has 5 nitrogen and oxygen atoms in total. The number of nitrogens with zero attached hydrogens (tertiary/aromatic N) is 2. The van der Waals surface area contributed by atoms with Crippen LogP contribution in [0.5, 0.6) is 0 Å².